The number of anilines is 2. The van der Waals surface area contributed by atoms with Crippen LogP contribution >= 0.6 is 0 Å². The maximum absolute atomic E-state index is 15.3. The number of likely N-dealkylation sites (N-methyl/N-ethyl adjacent to an activating group) is 1. The van der Waals surface area contributed by atoms with Crippen LogP contribution in [0.1, 0.15) is 12.5 Å². The molecule has 0 aliphatic rings. The summed E-state index contributed by atoms with van der Waals surface area (Å²) in [5, 5.41) is 3.50. The van der Waals surface area contributed by atoms with Gasteiger partial charge in [0.1, 0.15) is 29.7 Å². The number of nitrogens with one attached hydrogen (secondary N) is 1. The minimum atomic E-state index is -0.793. The van der Waals surface area contributed by atoms with Gasteiger partial charge in [-0.15, -0.1) is 0 Å². The highest BCUT2D eigenvalue weighted by Gasteiger charge is 2.20. The normalized spacial score (nSPS) is 13.1. The first-order valence-corrected chi connectivity index (χ1v) is 11.3. The third-order valence-corrected chi connectivity index (χ3v) is 5.47. The van der Waals surface area contributed by atoms with Crippen LogP contribution in [0.25, 0.3) is 27.4 Å². The molecule has 10 heteroatoms. The van der Waals surface area contributed by atoms with Gasteiger partial charge in [-0.25, -0.2) is 18.7 Å². The molecule has 0 saturated heterocycles. The fourth-order valence-electron chi connectivity index (χ4n) is 4.01. The first-order chi connectivity index (χ1) is 17.3. The summed E-state index contributed by atoms with van der Waals surface area (Å²) < 4.78 is 36.6. The van der Waals surface area contributed by atoms with E-state index in [0.717, 1.165) is 5.56 Å². The van der Waals surface area contributed by atoms with Crippen molar-refractivity contribution in [1.29, 1.82) is 0 Å². The zero-order chi connectivity index (χ0) is 25.8. The number of pyridine rings is 1. The number of aliphatic imine (C=N–C) groups is 1. The standard InChI is InChI=1S/C26H27F2N7O/c1-15(13-35(3)4)36-22-9-16(17(11-29)12-30-2)8-21-23(22)26(33-14-32-21)34-25-19(27)10-20-18(24(25)28)6-5-7-31-20/h5-12,14-15H,13,29H2,1-4H3,(H,32,33,34)/b17-11+,30-12?. The second-order valence-corrected chi connectivity index (χ2v) is 8.53. The Morgan fingerprint density at radius 3 is 2.72 bits per heavy atom. The Labute approximate surface area is 207 Å². The van der Waals surface area contributed by atoms with E-state index in [1.54, 1.807) is 37.5 Å². The molecule has 1 unspecified atom stereocenters. The van der Waals surface area contributed by atoms with Crippen molar-refractivity contribution in [3.8, 4) is 5.75 Å². The molecule has 0 aliphatic carbocycles. The lowest BCUT2D eigenvalue weighted by atomic mass is 10.0. The number of nitrogens with two attached hydrogens (primary N) is 1. The second kappa shape index (κ2) is 10.6. The SMILES string of the molecule is CN=C/C(=C\N)c1cc(OC(C)CN(C)C)c2c(Nc3c(F)cc4ncccc4c3F)ncnc2c1. The molecule has 1 atom stereocenters. The van der Waals surface area contributed by atoms with Crippen LogP contribution in [0.3, 0.4) is 0 Å². The first kappa shape index (κ1) is 24.9. The minimum absolute atomic E-state index is 0.190. The lowest BCUT2D eigenvalue weighted by Gasteiger charge is -2.21. The quantitative estimate of drug-likeness (QED) is 0.349. The fourth-order valence-corrected chi connectivity index (χ4v) is 4.01. The second-order valence-electron chi connectivity index (χ2n) is 8.53. The van der Waals surface area contributed by atoms with E-state index < -0.39 is 11.6 Å². The van der Waals surface area contributed by atoms with E-state index in [2.05, 4.69) is 25.3 Å². The Bertz CT molecular complexity index is 1470. The van der Waals surface area contributed by atoms with Gasteiger partial charge in [0.2, 0.25) is 0 Å². The van der Waals surface area contributed by atoms with Gasteiger partial charge in [0, 0.05) is 49.2 Å². The highest BCUT2D eigenvalue weighted by atomic mass is 19.1. The Morgan fingerprint density at radius 2 is 2.00 bits per heavy atom. The van der Waals surface area contributed by atoms with Crippen molar-refractivity contribution in [3.63, 3.8) is 0 Å². The predicted molar refractivity (Wildman–Crippen MR) is 140 cm³/mol. The molecule has 8 nitrogen and oxygen atoms in total. The van der Waals surface area contributed by atoms with Crippen molar-refractivity contribution >= 4 is 45.1 Å². The van der Waals surface area contributed by atoms with E-state index in [1.807, 2.05) is 25.9 Å². The Morgan fingerprint density at radius 1 is 1.19 bits per heavy atom. The van der Waals surface area contributed by atoms with Crippen LogP contribution in [-0.4, -0.2) is 59.9 Å². The number of fused-ring (bicyclic) bond motifs is 2. The Kier molecular flexibility index (Phi) is 7.35. The Balaban J connectivity index is 1.89. The van der Waals surface area contributed by atoms with Gasteiger partial charge in [-0.05, 0) is 50.8 Å². The summed E-state index contributed by atoms with van der Waals surface area (Å²) in [6.45, 7) is 2.57. The molecule has 0 fully saturated rings. The van der Waals surface area contributed by atoms with Crippen molar-refractivity contribution in [2.45, 2.75) is 13.0 Å². The summed E-state index contributed by atoms with van der Waals surface area (Å²) in [7, 11) is 5.53. The van der Waals surface area contributed by atoms with Crippen molar-refractivity contribution < 1.29 is 13.5 Å². The van der Waals surface area contributed by atoms with Crippen LogP contribution in [-0.2, 0) is 0 Å². The average Bonchev–Trinajstić information content (AvgIpc) is 2.84. The predicted octanol–water partition coefficient (Wildman–Crippen LogP) is 4.53. The molecular formula is C26H27F2N7O. The van der Waals surface area contributed by atoms with Crippen molar-refractivity contribution in [3.05, 3.63) is 66.3 Å². The molecule has 2 aromatic carbocycles. The molecule has 0 spiro atoms. The zero-order valence-corrected chi connectivity index (χ0v) is 20.5. The number of allylic oxidation sites excluding steroid dienone is 1. The van der Waals surface area contributed by atoms with Gasteiger partial charge in [0.15, 0.2) is 11.6 Å². The van der Waals surface area contributed by atoms with E-state index in [4.69, 9.17) is 10.5 Å². The highest BCUT2D eigenvalue weighted by Crippen LogP contribution is 2.37. The molecule has 0 aliphatic heterocycles. The van der Waals surface area contributed by atoms with Crippen molar-refractivity contribution in [1.82, 2.24) is 19.9 Å². The topological polar surface area (TPSA) is 102 Å². The van der Waals surface area contributed by atoms with Crippen LogP contribution in [0, 0.1) is 11.6 Å². The van der Waals surface area contributed by atoms with Gasteiger partial charge in [0.05, 0.1) is 16.4 Å². The van der Waals surface area contributed by atoms with E-state index in [0.29, 0.717) is 28.8 Å². The van der Waals surface area contributed by atoms with Crippen LogP contribution < -0.4 is 15.8 Å². The summed E-state index contributed by atoms with van der Waals surface area (Å²) in [5.74, 6) is -0.926. The third kappa shape index (κ3) is 5.08. The number of rotatable bonds is 8. The van der Waals surface area contributed by atoms with Crippen LogP contribution in [0.5, 0.6) is 5.75 Å². The summed E-state index contributed by atoms with van der Waals surface area (Å²) >= 11 is 0. The van der Waals surface area contributed by atoms with Crippen molar-refractivity contribution in [2.24, 2.45) is 10.7 Å². The molecule has 0 saturated carbocycles. The molecule has 186 valence electrons. The smallest absolute Gasteiger partial charge is 0.159 e. The number of benzene rings is 2. The monoisotopic (exact) mass is 491 g/mol. The first-order valence-electron chi connectivity index (χ1n) is 11.3. The number of ether oxygens (including phenoxy) is 1. The lowest BCUT2D eigenvalue weighted by molar-refractivity contribution is 0.179. The van der Waals surface area contributed by atoms with E-state index in [-0.39, 0.29) is 28.5 Å². The molecule has 36 heavy (non-hydrogen) atoms. The summed E-state index contributed by atoms with van der Waals surface area (Å²) in [5.41, 5.74) is 7.60. The lowest BCUT2D eigenvalue weighted by Crippen LogP contribution is -2.28. The number of halogens is 2. The molecule has 2 aromatic heterocycles. The van der Waals surface area contributed by atoms with Gasteiger partial charge >= 0.3 is 0 Å². The average molecular weight is 492 g/mol. The van der Waals surface area contributed by atoms with Gasteiger partial charge in [-0.2, -0.15) is 0 Å². The summed E-state index contributed by atoms with van der Waals surface area (Å²) in [6, 6.07) is 7.90. The highest BCUT2D eigenvalue weighted by molar-refractivity contribution is 6.11. The summed E-state index contributed by atoms with van der Waals surface area (Å²) in [6.07, 6.45) is 5.66. The van der Waals surface area contributed by atoms with Crippen LogP contribution in [0.15, 0.2) is 54.0 Å². The largest absolute Gasteiger partial charge is 0.489 e. The molecule has 0 bridgehead atoms. The van der Waals surface area contributed by atoms with Crippen LogP contribution in [0.4, 0.5) is 20.3 Å². The number of aromatic nitrogens is 3. The minimum Gasteiger partial charge on any atom is -0.489 e. The van der Waals surface area contributed by atoms with Crippen molar-refractivity contribution in [2.75, 3.05) is 33.0 Å². The molecular weight excluding hydrogens is 464 g/mol. The zero-order valence-electron chi connectivity index (χ0n) is 20.5. The number of hydrogen-bond acceptors (Lipinski definition) is 8. The van der Waals surface area contributed by atoms with Gasteiger partial charge in [-0.3, -0.25) is 9.98 Å². The maximum atomic E-state index is 15.3. The molecule has 3 N–H and O–H groups in total. The Hall–Kier alpha value is -4.18. The van der Waals surface area contributed by atoms with Gasteiger partial charge < -0.3 is 20.7 Å². The number of hydrogen-bond donors (Lipinski definition) is 2. The van der Waals surface area contributed by atoms with E-state index in [1.165, 1.54) is 24.8 Å². The van der Waals surface area contributed by atoms with E-state index >= 15 is 4.39 Å². The molecule has 4 aromatic rings. The molecule has 0 amide bonds. The maximum Gasteiger partial charge on any atom is 0.159 e. The summed E-state index contributed by atoms with van der Waals surface area (Å²) in [4.78, 5) is 18.8. The van der Waals surface area contributed by atoms with Gasteiger partial charge in [0.25, 0.3) is 0 Å². The molecule has 4 rings (SSSR count). The molecule has 2 heterocycles. The van der Waals surface area contributed by atoms with E-state index in [9.17, 15) is 4.39 Å². The van der Waals surface area contributed by atoms with Crippen LogP contribution in [0.2, 0.25) is 0 Å². The third-order valence-electron chi connectivity index (χ3n) is 5.47. The fraction of sp³-hybridized carbons (Fsp3) is 0.231. The molecule has 0 radical (unpaired) electrons. The number of nitrogens with zero attached hydrogens (tertiary/aromatic N) is 5. The van der Waals surface area contributed by atoms with Gasteiger partial charge in [-0.1, -0.05) is 0 Å².